The normalized spacial score (nSPS) is 11.7. The number of aromatic nitrogens is 1. The van der Waals surface area contributed by atoms with Gasteiger partial charge in [-0.2, -0.15) is 0 Å². The van der Waals surface area contributed by atoms with Crippen molar-refractivity contribution in [1.29, 1.82) is 0 Å². The molecule has 0 bridgehead atoms. The van der Waals surface area contributed by atoms with Gasteiger partial charge in [-0.1, -0.05) is 109 Å². The smallest absolute Gasteiger partial charge is 0.137 e. The second-order valence-corrected chi connectivity index (χ2v) is 13.1. The van der Waals surface area contributed by atoms with Gasteiger partial charge in [-0.25, -0.2) is 0 Å². The standard InChI is InChI=1S/C47H32N2O/c1-31-17-23-37(24-18-31)49-42-13-6-4-11-39(42)41-30-35(22-28-43(41)49)33-19-25-36(26-20-33)48(38-27-21-32-9-2-3-10-34(32)29-38)44-14-8-16-46-47(44)40-12-5-7-15-45(40)50-46/h2-30H,1H3. The SMILES string of the molecule is Cc1ccc(-n2c3ccccc3c3cc(-c4ccc(N(c5ccc6ccccc6c5)c5cccc6oc7ccccc7c56)cc4)ccc32)cc1. The average molecular weight is 641 g/mol. The van der Waals surface area contributed by atoms with E-state index < -0.39 is 0 Å². The molecule has 8 aromatic carbocycles. The van der Waals surface area contributed by atoms with Crippen molar-refractivity contribution in [3.63, 3.8) is 0 Å². The third-order valence-corrected chi connectivity index (χ3v) is 10.0. The molecule has 0 unspecified atom stereocenters. The maximum atomic E-state index is 6.33. The Morgan fingerprint density at radius 1 is 0.460 bits per heavy atom. The molecular weight excluding hydrogens is 609 g/mol. The first-order valence-corrected chi connectivity index (χ1v) is 17.1. The third kappa shape index (κ3) is 4.52. The summed E-state index contributed by atoms with van der Waals surface area (Å²) < 4.78 is 8.71. The summed E-state index contributed by atoms with van der Waals surface area (Å²) in [7, 11) is 0. The summed E-state index contributed by atoms with van der Waals surface area (Å²) in [6.07, 6.45) is 0. The van der Waals surface area contributed by atoms with Crippen LogP contribution in [0, 0.1) is 6.92 Å². The molecule has 0 saturated carbocycles. The second kappa shape index (κ2) is 11.3. The van der Waals surface area contributed by atoms with E-state index in [1.807, 2.05) is 12.1 Å². The van der Waals surface area contributed by atoms with E-state index in [9.17, 15) is 0 Å². The van der Waals surface area contributed by atoms with Crippen molar-refractivity contribution in [3.8, 4) is 16.8 Å². The molecule has 50 heavy (non-hydrogen) atoms. The van der Waals surface area contributed by atoms with Crippen LogP contribution in [0.25, 0.3) is 71.3 Å². The van der Waals surface area contributed by atoms with E-state index >= 15 is 0 Å². The number of rotatable bonds is 5. The monoisotopic (exact) mass is 640 g/mol. The molecule has 0 amide bonds. The van der Waals surface area contributed by atoms with E-state index in [0.717, 1.165) is 39.0 Å². The molecule has 0 aliphatic rings. The molecule has 10 rings (SSSR count). The molecule has 0 aliphatic heterocycles. The zero-order valence-electron chi connectivity index (χ0n) is 27.5. The van der Waals surface area contributed by atoms with E-state index in [0.29, 0.717) is 0 Å². The van der Waals surface area contributed by atoms with Gasteiger partial charge in [-0.15, -0.1) is 0 Å². The van der Waals surface area contributed by atoms with Gasteiger partial charge in [0.1, 0.15) is 11.2 Å². The minimum absolute atomic E-state index is 0.879. The minimum atomic E-state index is 0.879. The predicted molar refractivity (Wildman–Crippen MR) is 210 cm³/mol. The Hall–Kier alpha value is -6.58. The van der Waals surface area contributed by atoms with E-state index in [2.05, 4.69) is 180 Å². The molecule has 0 saturated heterocycles. The van der Waals surface area contributed by atoms with Gasteiger partial charge < -0.3 is 13.9 Å². The number of hydrogen-bond donors (Lipinski definition) is 0. The van der Waals surface area contributed by atoms with Gasteiger partial charge in [0.25, 0.3) is 0 Å². The van der Waals surface area contributed by atoms with Gasteiger partial charge in [-0.3, -0.25) is 0 Å². The van der Waals surface area contributed by atoms with E-state index in [4.69, 9.17) is 4.42 Å². The summed E-state index contributed by atoms with van der Waals surface area (Å²) in [5.41, 5.74) is 12.3. The van der Waals surface area contributed by atoms with Crippen molar-refractivity contribution >= 4 is 71.6 Å². The number of benzene rings is 8. The van der Waals surface area contributed by atoms with Crippen LogP contribution in [0.2, 0.25) is 0 Å². The summed E-state index contributed by atoms with van der Waals surface area (Å²) in [5, 5.41) is 7.14. The number of furan rings is 1. The molecule has 0 aliphatic carbocycles. The van der Waals surface area contributed by atoms with Crippen LogP contribution in [-0.2, 0) is 0 Å². The van der Waals surface area contributed by atoms with Crippen LogP contribution in [0.1, 0.15) is 5.56 Å². The zero-order chi connectivity index (χ0) is 33.2. The highest BCUT2D eigenvalue weighted by molar-refractivity contribution is 6.14. The summed E-state index contributed by atoms with van der Waals surface area (Å²) in [5.74, 6) is 0. The Bertz CT molecular complexity index is 2870. The first kappa shape index (κ1) is 28.4. The molecular formula is C47H32N2O. The van der Waals surface area contributed by atoms with Crippen molar-refractivity contribution in [2.75, 3.05) is 4.90 Å². The van der Waals surface area contributed by atoms with Gasteiger partial charge in [0.15, 0.2) is 0 Å². The molecule has 0 atom stereocenters. The summed E-state index contributed by atoms with van der Waals surface area (Å²) in [6, 6.07) is 63.2. The second-order valence-electron chi connectivity index (χ2n) is 13.1. The lowest BCUT2D eigenvalue weighted by atomic mass is 10.0. The zero-order valence-corrected chi connectivity index (χ0v) is 27.5. The van der Waals surface area contributed by atoms with Gasteiger partial charge in [0.2, 0.25) is 0 Å². The first-order chi connectivity index (χ1) is 24.7. The van der Waals surface area contributed by atoms with Crippen molar-refractivity contribution in [3.05, 3.63) is 181 Å². The van der Waals surface area contributed by atoms with Crippen molar-refractivity contribution in [2.24, 2.45) is 0 Å². The summed E-state index contributed by atoms with van der Waals surface area (Å²) in [4.78, 5) is 2.36. The number of fused-ring (bicyclic) bond motifs is 7. The number of anilines is 3. The van der Waals surface area contributed by atoms with E-state index in [-0.39, 0.29) is 0 Å². The lowest BCUT2D eigenvalue weighted by Gasteiger charge is -2.27. The Labute approximate surface area is 289 Å². The molecule has 2 heterocycles. The number of aryl methyl sites for hydroxylation is 1. The van der Waals surface area contributed by atoms with Crippen LogP contribution >= 0.6 is 0 Å². The summed E-state index contributed by atoms with van der Waals surface area (Å²) >= 11 is 0. The molecule has 10 aromatic rings. The topological polar surface area (TPSA) is 21.3 Å². The Balaban J connectivity index is 1.12. The maximum absolute atomic E-state index is 6.33. The molecule has 2 aromatic heterocycles. The van der Waals surface area contributed by atoms with Crippen LogP contribution in [0.3, 0.4) is 0 Å². The fraction of sp³-hybridized carbons (Fsp3) is 0.0213. The van der Waals surface area contributed by atoms with E-state index in [1.54, 1.807) is 0 Å². The van der Waals surface area contributed by atoms with Crippen molar-refractivity contribution in [2.45, 2.75) is 6.92 Å². The minimum Gasteiger partial charge on any atom is -0.456 e. The number of nitrogens with zero attached hydrogens (tertiary/aromatic N) is 2. The van der Waals surface area contributed by atoms with Crippen LogP contribution in [0.5, 0.6) is 0 Å². The fourth-order valence-electron chi connectivity index (χ4n) is 7.61. The van der Waals surface area contributed by atoms with Crippen LogP contribution in [-0.4, -0.2) is 4.57 Å². The van der Waals surface area contributed by atoms with Crippen LogP contribution in [0.15, 0.2) is 180 Å². The lowest BCUT2D eigenvalue weighted by Crippen LogP contribution is -2.10. The quantitative estimate of drug-likeness (QED) is 0.187. The lowest BCUT2D eigenvalue weighted by molar-refractivity contribution is 0.669. The largest absolute Gasteiger partial charge is 0.456 e. The summed E-state index contributed by atoms with van der Waals surface area (Å²) in [6.45, 7) is 2.13. The fourth-order valence-corrected chi connectivity index (χ4v) is 7.61. The molecule has 0 spiro atoms. The van der Waals surface area contributed by atoms with Gasteiger partial charge in [0.05, 0.1) is 22.1 Å². The van der Waals surface area contributed by atoms with Crippen LogP contribution in [0.4, 0.5) is 17.1 Å². The molecule has 0 radical (unpaired) electrons. The average Bonchev–Trinajstić information content (AvgIpc) is 3.72. The Morgan fingerprint density at radius 3 is 2.00 bits per heavy atom. The molecule has 236 valence electrons. The van der Waals surface area contributed by atoms with Crippen LogP contribution < -0.4 is 4.90 Å². The number of para-hydroxylation sites is 2. The Kier molecular flexibility index (Phi) is 6.40. The van der Waals surface area contributed by atoms with E-state index in [1.165, 1.54) is 55.0 Å². The number of hydrogen-bond acceptors (Lipinski definition) is 2. The Morgan fingerprint density at radius 2 is 1.14 bits per heavy atom. The molecule has 0 N–H and O–H groups in total. The molecule has 3 nitrogen and oxygen atoms in total. The highest BCUT2D eigenvalue weighted by Crippen LogP contribution is 2.44. The van der Waals surface area contributed by atoms with Gasteiger partial charge in [-0.05, 0) is 102 Å². The van der Waals surface area contributed by atoms with Crippen molar-refractivity contribution in [1.82, 2.24) is 4.57 Å². The van der Waals surface area contributed by atoms with Crippen molar-refractivity contribution < 1.29 is 4.42 Å². The highest BCUT2D eigenvalue weighted by atomic mass is 16.3. The highest BCUT2D eigenvalue weighted by Gasteiger charge is 2.20. The maximum Gasteiger partial charge on any atom is 0.137 e. The van der Waals surface area contributed by atoms with Gasteiger partial charge in [0, 0.05) is 33.2 Å². The molecule has 3 heteroatoms. The van der Waals surface area contributed by atoms with Gasteiger partial charge >= 0.3 is 0 Å². The first-order valence-electron chi connectivity index (χ1n) is 17.1. The predicted octanol–water partition coefficient (Wildman–Crippen LogP) is 13.3. The molecule has 0 fully saturated rings. The third-order valence-electron chi connectivity index (χ3n) is 10.0.